The van der Waals surface area contributed by atoms with Gasteiger partial charge in [-0.25, -0.2) is 4.98 Å². The van der Waals surface area contributed by atoms with Crippen molar-refractivity contribution in [2.24, 2.45) is 5.41 Å². The molecule has 3 aromatic carbocycles. The highest BCUT2D eigenvalue weighted by molar-refractivity contribution is 6.31. The van der Waals surface area contributed by atoms with E-state index in [1.165, 1.54) is 5.56 Å². The predicted molar refractivity (Wildman–Crippen MR) is 179 cm³/mol. The van der Waals surface area contributed by atoms with Crippen molar-refractivity contribution in [1.29, 1.82) is 0 Å². The first-order chi connectivity index (χ1) is 21.7. The molecule has 230 valence electrons. The maximum atomic E-state index is 14.8. The van der Waals surface area contributed by atoms with Crippen LogP contribution in [0.1, 0.15) is 79.8 Å². The maximum absolute atomic E-state index is 14.8. The van der Waals surface area contributed by atoms with Crippen LogP contribution in [0.2, 0.25) is 10.2 Å². The normalized spacial score (nSPS) is 29.6. The maximum Gasteiger partial charge on any atom is 0.324 e. The van der Waals surface area contributed by atoms with E-state index in [-0.39, 0.29) is 28.9 Å². The van der Waals surface area contributed by atoms with Gasteiger partial charge in [-0.2, -0.15) is 0 Å². The predicted octanol–water partition coefficient (Wildman–Crippen LogP) is 8.90. The Morgan fingerprint density at radius 2 is 1.51 bits per heavy atom. The van der Waals surface area contributed by atoms with E-state index in [9.17, 15) is 4.79 Å². The number of carbonyl (C=O) groups is 1. The fraction of sp³-hybridized carbons (Fsp3) is 0.368. The third-order valence-electron chi connectivity index (χ3n) is 11.4. The Labute approximate surface area is 274 Å². The Kier molecular flexibility index (Phi) is 6.83. The van der Waals surface area contributed by atoms with Crippen molar-refractivity contribution in [1.82, 2.24) is 9.88 Å². The first-order valence-corrected chi connectivity index (χ1v) is 16.7. The molecule has 8 rings (SSSR count). The molecule has 3 fully saturated rings. The van der Waals surface area contributed by atoms with E-state index >= 15 is 0 Å². The van der Waals surface area contributed by atoms with Crippen molar-refractivity contribution in [3.8, 4) is 0 Å². The first-order valence-electron chi connectivity index (χ1n) is 16.0. The number of pyridine rings is 1. The summed E-state index contributed by atoms with van der Waals surface area (Å²) in [6, 6.07) is 30.4. The lowest BCUT2D eigenvalue weighted by molar-refractivity contribution is -0.183. The van der Waals surface area contributed by atoms with Crippen molar-refractivity contribution in [3.63, 3.8) is 0 Å². The summed E-state index contributed by atoms with van der Waals surface area (Å²) < 4.78 is 6.65. The minimum atomic E-state index is -0.529. The van der Waals surface area contributed by atoms with E-state index in [0.29, 0.717) is 16.7 Å². The van der Waals surface area contributed by atoms with Crippen molar-refractivity contribution in [2.45, 2.75) is 74.6 Å². The van der Waals surface area contributed by atoms with Crippen LogP contribution in [-0.2, 0) is 14.9 Å². The summed E-state index contributed by atoms with van der Waals surface area (Å²) in [4.78, 5) is 21.8. The minimum Gasteiger partial charge on any atom is -0.454 e. The average molecular weight is 639 g/mol. The van der Waals surface area contributed by atoms with Gasteiger partial charge in [0, 0.05) is 40.3 Å². The second-order valence-electron chi connectivity index (χ2n) is 14.1. The lowest BCUT2D eigenvalue weighted by Gasteiger charge is -2.57. The standard InChI is InChI=1S/C38H37Cl2N3O2/c1-36(2)16-18-37(19-17-36)38(23-42-29-22-27(39)13-14-28(29)38)31(26-15-20-41-30(40)21-26)33-35(44)45-34(25-11-7-4-8-12-25)32(43(33)37)24-9-5-3-6-10-24/h3-15,20-22,31-34,42H,16-19,23H2,1-2H3/t31-,32+,33+,34-,38-/m0/s1. The molecule has 45 heavy (non-hydrogen) atoms. The fourth-order valence-corrected chi connectivity index (χ4v) is 9.74. The topological polar surface area (TPSA) is 54.5 Å². The summed E-state index contributed by atoms with van der Waals surface area (Å²) in [7, 11) is 0. The molecule has 4 heterocycles. The average Bonchev–Trinajstić information content (AvgIpc) is 3.53. The van der Waals surface area contributed by atoms with Gasteiger partial charge in [-0.15, -0.1) is 0 Å². The quantitative estimate of drug-likeness (QED) is 0.180. The Morgan fingerprint density at radius 3 is 2.20 bits per heavy atom. The number of cyclic esters (lactones) is 1. The molecule has 5 atom stereocenters. The lowest BCUT2D eigenvalue weighted by Crippen LogP contribution is -2.63. The number of nitrogens with zero attached hydrogens (tertiary/aromatic N) is 2. The Morgan fingerprint density at radius 1 is 0.822 bits per heavy atom. The summed E-state index contributed by atoms with van der Waals surface area (Å²) in [5.74, 6) is -0.415. The molecule has 1 aromatic heterocycles. The van der Waals surface area contributed by atoms with Gasteiger partial charge in [-0.05, 0) is 77.6 Å². The van der Waals surface area contributed by atoms with Crippen LogP contribution in [0.4, 0.5) is 5.69 Å². The van der Waals surface area contributed by atoms with Crippen LogP contribution in [0.5, 0.6) is 0 Å². The second kappa shape index (κ2) is 10.6. The number of halogens is 2. The number of anilines is 1. The Bertz CT molecular complexity index is 1750. The fourth-order valence-electron chi connectivity index (χ4n) is 9.39. The number of fused-ring (bicyclic) bond motifs is 5. The number of morpholine rings is 1. The van der Waals surface area contributed by atoms with Gasteiger partial charge >= 0.3 is 5.97 Å². The third kappa shape index (κ3) is 4.31. The second-order valence-corrected chi connectivity index (χ2v) is 14.9. The molecular weight excluding hydrogens is 601 g/mol. The van der Waals surface area contributed by atoms with Gasteiger partial charge in [0.05, 0.1) is 6.04 Å². The molecule has 0 unspecified atom stereocenters. The monoisotopic (exact) mass is 637 g/mol. The molecule has 1 aliphatic carbocycles. The van der Waals surface area contributed by atoms with Gasteiger partial charge in [0.25, 0.3) is 0 Å². The molecule has 0 bridgehead atoms. The van der Waals surface area contributed by atoms with E-state index in [0.717, 1.165) is 48.1 Å². The molecule has 1 N–H and O–H groups in total. The number of rotatable bonds is 3. The van der Waals surface area contributed by atoms with Gasteiger partial charge in [0.2, 0.25) is 0 Å². The van der Waals surface area contributed by atoms with Crippen LogP contribution in [0.3, 0.4) is 0 Å². The van der Waals surface area contributed by atoms with Crippen LogP contribution in [0, 0.1) is 5.41 Å². The summed E-state index contributed by atoms with van der Waals surface area (Å²) in [6.07, 6.45) is 5.32. The molecule has 7 heteroatoms. The van der Waals surface area contributed by atoms with Gasteiger partial charge in [0.1, 0.15) is 17.3 Å². The van der Waals surface area contributed by atoms with Gasteiger partial charge in [0.15, 0.2) is 0 Å². The molecule has 3 aliphatic heterocycles. The molecule has 5 nitrogen and oxygen atoms in total. The number of ether oxygens (including phenoxy) is 1. The SMILES string of the molecule is CC1(C)CCC2(CC1)N1[C@H](c3ccccc3)[C@H](c3ccccc3)OC(=O)[C@H]1[C@H](c1ccnc(Cl)c1)[C@@]21CNc2cc(Cl)ccc21. The summed E-state index contributed by atoms with van der Waals surface area (Å²) >= 11 is 13.2. The van der Waals surface area contributed by atoms with Crippen LogP contribution in [0.25, 0.3) is 0 Å². The van der Waals surface area contributed by atoms with E-state index in [2.05, 4.69) is 77.6 Å². The Balaban J connectivity index is 1.45. The van der Waals surface area contributed by atoms with Gasteiger partial charge in [-0.1, -0.05) is 104 Å². The zero-order valence-corrected chi connectivity index (χ0v) is 27.1. The van der Waals surface area contributed by atoms with Crippen molar-refractivity contribution in [2.75, 3.05) is 11.9 Å². The largest absolute Gasteiger partial charge is 0.454 e. The van der Waals surface area contributed by atoms with Crippen LogP contribution >= 0.6 is 23.2 Å². The Hall–Kier alpha value is -3.38. The molecule has 2 saturated heterocycles. The van der Waals surface area contributed by atoms with Crippen molar-refractivity contribution >= 4 is 34.9 Å². The summed E-state index contributed by atoms with van der Waals surface area (Å²) in [5, 5.41) is 4.91. The molecule has 0 amide bonds. The number of aromatic nitrogens is 1. The smallest absolute Gasteiger partial charge is 0.324 e. The molecule has 2 spiro atoms. The van der Waals surface area contributed by atoms with Crippen LogP contribution in [0.15, 0.2) is 97.2 Å². The van der Waals surface area contributed by atoms with Crippen LogP contribution in [-0.4, -0.2) is 34.0 Å². The number of hydrogen-bond acceptors (Lipinski definition) is 5. The molecule has 4 aromatic rings. The minimum absolute atomic E-state index is 0.183. The van der Waals surface area contributed by atoms with E-state index in [4.69, 9.17) is 27.9 Å². The lowest BCUT2D eigenvalue weighted by atomic mass is 9.53. The van der Waals surface area contributed by atoms with E-state index in [1.54, 1.807) is 6.20 Å². The van der Waals surface area contributed by atoms with Crippen molar-refractivity contribution in [3.05, 3.63) is 130 Å². The van der Waals surface area contributed by atoms with Gasteiger partial charge < -0.3 is 10.1 Å². The highest BCUT2D eigenvalue weighted by Gasteiger charge is 2.75. The van der Waals surface area contributed by atoms with Crippen LogP contribution < -0.4 is 5.32 Å². The number of benzene rings is 3. The van der Waals surface area contributed by atoms with E-state index in [1.807, 2.05) is 42.5 Å². The van der Waals surface area contributed by atoms with Crippen molar-refractivity contribution < 1.29 is 9.53 Å². The summed E-state index contributed by atoms with van der Waals surface area (Å²) in [6.45, 7) is 5.45. The van der Waals surface area contributed by atoms with E-state index < -0.39 is 17.6 Å². The molecular formula is C38H37Cl2N3O2. The summed E-state index contributed by atoms with van der Waals surface area (Å²) in [5.41, 5.74) is 4.80. The molecule has 0 radical (unpaired) electrons. The zero-order valence-electron chi connectivity index (χ0n) is 25.5. The number of hydrogen-bond donors (Lipinski definition) is 1. The highest BCUT2D eigenvalue weighted by Crippen LogP contribution is 2.70. The number of nitrogens with one attached hydrogen (secondary N) is 1. The first kappa shape index (κ1) is 29.1. The van der Waals surface area contributed by atoms with Gasteiger partial charge in [-0.3, -0.25) is 9.69 Å². The molecule has 1 saturated carbocycles. The number of carbonyl (C=O) groups excluding carboxylic acids is 1. The molecule has 4 aliphatic rings. The zero-order chi connectivity index (χ0) is 31.0. The number of esters is 1. The third-order valence-corrected chi connectivity index (χ3v) is 11.8. The highest BCUT2D eigenvalue weighted by atomic mass is 35.5.